The number of nitrogens with zero attached hydrogens (tertiary/aromatic N) is 2. The number of urea groups is 1. The van der Waals surface area contributed by atoms with Gasteiger partial charge in [-0.25, -0.2) is 4.79 Å². The van der Waals surface area contributed by atoms with Gasteiger partial charge in [-0.05, 0) is 18.8 Å². The Morgan fingerprint density at radius 3 is 2.43 bits per heavy atom. The largest absolute Gasteiger partial charge is 0.408 e. The van der Waals surface area contributed by atoms with E-state index >= 15 is 0 Å². The molecule has 120 valence electrons. The third-order valence-corrected chi connectivity index (χ3v) is 4.25. The molecular formula is C13H20F3N3O2. The van der Waals surface area contributed by atoms with E-state index in [9.17, 15) is 22.8 Å². The quantitative estimate of drug-likeness (QED) is 0.842. The molecule has 1 saturated heterocycles. The van der Waals surface area contributed by atoms with Gasteiger partial charge in [-0.15, -0.1) is 0 Å². The minimum Gasteiger partial charge on any atom is -0.342 e. The molecule has 0 aromatic heterocycles. The fourth-order valence-electron chi connectivity index (χ4n) is 2.91. The number of hydrogen-bond acceptors (Lipinski definition) is 2. The van der Waals surface area contributed by atoms with Crippen molar-refractivity contribution in [3.63, 3.8) is 0 Å². The van der Waals surface area contributed by atoms with E-state index in [1.54, 1.807) is 7.05 Å². The molecule has 0 bridgehead atoms. The molecule has 1 atom stereocenters. The van der Waals surface area contributed by atoms with Gasteiger partial charge in [0.2, 0.25) is 5.91 Å². The van der Waals surface area contributed by atoms with E-state index in [4.69, 9.17) is 0 Å². The maximum Gasteiger partial charge on any atom is 0.408 e. The summed E-state index contributed by atoms with van der Waals surface area (Å²) in [5.74, 6) is -0.821. The molecule has 0 radical (unpaired) electrons. The number of rotatable bonds is 2. The van der Waals surface area contributed by atoms with Gasteiger partial charge in [-0.3, -0.25) is 4.79 Å². The standard InChI is InChI=1S/C13H20F3N3O2/c1-18-6-7-19(8-10(18)20)12(21)17-11(13(14,15)16)9-4-2-3-5-9/h9,11H,2-8H2,1H3,(H,17,21)/t11-/m1/s1. The molecule has 1 N–H and O–H groups in total. The molecule has 0 aromatic rings. The zero-order chi connectivity index (χ0) is 15.6. The molecular weight excluding hydrogens is 287 g/mol. The van der Waals surface area contributed by atoms with Crippen LogP contribution < -0.4 is 5.32 Å². The minimum absolute atomic E-state index is 0.169. The Morgan fingerprint density at radius 2 is 1.90 bits per heavy atom. The number of carbonyl (C=O) groups is 2. The van der Waals surface area contributed by atoms with E-state index in [-0.39, 0.29) is 19.0 Å². The highest BCUT2D eigenvalue weighted by Crippen LogP contribution is 2.35. The average molecular weight is 307 g/mol. The number of carbonyl (C=O) groups excluding carboxylic acids is 2. The van der Waals surface area contributed by atoms with Crippen molar-refractivity contribution < 1.29 is 22.8 Å². The van der Waals surface area contributed by atoms with E-state index < -0.39 is 24.2 Å². The highest BCUT2D eigenvalue weighted by atomic mass is 19.4. The van der Waals surface area contributed by atoms with Crippen LogP contribution in [-0.4, -0.2) is 60.6 Å². The Bertz CT molecular complexity index is 408. The fourth-order valence-corrected chi connectivity index (χ4v) is 2.91. The van der Waals surface area contributed by atoms with E-state index in [1.165, 1.54) is 4.90 Å². The summed E-state index contributed by atoms with van der Waals surface area (Å²) in [5.41, 5.74) is 0. The molecule has 8 heteroatoms. The second kappa shape index (κ2) is 6.11. The molecule has 1 saturated carbocycles. The number of likely N-dealkylation sites (N-methyl/N-ethyl adjacent to an activating group) is 1. The Labute approximate surface area is 121 Å². The van der Waals surface area contributed by atoms with Crippen molar-refractivity contribution in [2.75, 3.05) is 26.7 Å². The maximum atomic E-state index is 13.1. The Morgan fingerprint density at radius 1 is 1.29 bits per heavy atom. The first-order chi connectivity index (χ1) is 9.79. The number of hydrogen-bond donors (Lipinski definition) is 1. The lowest BCUT2D eigenvalue weighted by Crippen LogP contribution is -2.58. The van der Waals surface area contributed by atoms with Gasteiger partial charge in [0.25, 0.3) is 0 Å². The summed E-state index contributed by atoms with van der Waals surface area (Å²) in [7, 11) is 1.61. The van der Waals surface area contributed by atoms with Crippen molar-refractivity contribution in [3.8, 4) is 0 Å². The van der Waals surface area contributed by atoms with Crippen molar-refractivity contribution in [1.82, 2.24) is 15.1 Å². The van der Waals surface area contributed by atoms with Gasteiger partial charge in [-0.1, -0.05) is 12.8 Å². The van der Waals surface area contributed by atoms with Crippen LogP contribution in [0.2, 0.25) is 0 Å². The van der Waals surface area contributed by atoms with Crippen LogP contribution in [0.25, 0.3) is 0 Å². The van der Waals surface area contributed by atoms with Crippen LogP contribution in [0.15, 0.2) is 0 Å². The van der Waals surface area contributed by atoms with Gasteiger partial charge < -0.3 is 15.1 Å². The van der Waals surface area contributed by atoms with Gasteiger partial charge in [-0.2, -0.15) is 13.2 Å². The van der Waals surface area contributed by atoms with Crippen molar-refractivity contribution in [3.05, 3.63) is 0 Å². The number of nitrogens with one attached hydrogen (secondary N) is 1. The summed E-state index contributed by atoms with van der Waals surface area (Å²) >= 11 is 0. The Balaban J connectivity index is 1.99. The van der Waals surface area contributed by atoms with Gasteiger partial charge in [0.05, 0.1) is 0 Å². The summed E-state index contributed by atoms with van der Waals surface area (Å²) in [6.07, 6.45) is -1.97. The Kier molecular flexibility index (Phi) is 4.63. The lowest BCUT2D eigenvalue weighted by atomic mass is 9.98. The zero-order valence-electron chi connectivity index (χ0n) is 11.9. The second-order valence-electron chi connectivity index (χ2n) is 5.75. The van der Waals surface area contributed by atoms with E-state index in [0.29, 0.717) is 19.4 Å². The molecule has 2 rings (SSSR count). The highest BCUT2D eigenvalue weighted by Gasteiger charge is 2.46. The van der Waals surface area contributed by atoms with Crippen LogP contribution in [0.5, 0.6) is 0 Å². The first-order valence-electron chi connectivity index (χ1n) is 7.15. The summed E-state index contributed by atoms with van der Waals surface area (Å²) in [6.45, 7) is 0.424. The molecule has 21 heavy (non-hydrogen) atoms. The number of amides is 3. The SMILES string of the molecule is CN1CCN(C(=O)N[C@H](C2CCCC2)C(F)(F)F)CC1=O. The molecule has 1 aliphatic heterocycles. The predicted octanol–water partition coefficient (Wildman–Crippen LogP) is 1.59. The summed E-state index contributed by atoms with van der Waals surface area (Å²) in [5, 5.41) is 2.10. The van der Waals surface area contributed by atoms with Gasteiger partial charge in [0.1, 0.15) is 12.6 Å². The molecule has 2 aliphatic rings. The van der Waals surface area contributed by atoms with E-state index in [1.807, 2.05) is 0 Å². The maximum absolute atomic E-state index is 13.1. The topological polar surface area (TPSA) is 52.6 Å². The minimum atomic E-state index is -4.46. The fraction of sp³-hybridized carbons (Fsp3) is 0.846. The van der Waals surface area contributed by atoms with Crippen LogP contribution in [0.4, 0.5) is 18.0 Å². The van der Waals surface area contributed by atoms with Crippen LogP contribution in [0.1, 0.15) is 25.7 Å². The average Bonchev–Trinajstić information content (AvgIpc) is 2.91. The lowest BCUT2D eigenvalue weighted by molar-refractivity contribution is -0.165. The molecule has 1 heterocycles. The van der Waals surface area contributed by atoms with Crippen molar-refractivity contribution in [2.24, 2.45) is 5.92 Å². The van der Waals surface area contributed by atoms with Crippen molar-refractivity contribution in [1.29, 1.82) is 0 Å². The molecule has 2 fully saturated rings. The molecule has 1 aliphatic carbocycles. The van der Waals surface area contributed by atoms with Gasteiger partial charge >= 0.3 is 12.2 Å². The van der Waals surface area contributed by atoms with Gasteiger partial charge in [0.15, 0.2) is 0 Å². The highest BCUT2D eigenvalue weighted by molar-refractivity contribution is 5.85. The normalized spacial score (nSPS) is 22.6. The molecule has 3 amide bonds. The molecule has 5 nitrogen and oxygen atoms in total. The van der Waals surface area contributed by atoms with Crippen LogP contribution in [-0.2, 0) is 4.79 Å². The predicted molar refractivity (Wildman–Crippen MR) is 69.5 cm³/mol. The second-order valence-corrected chi connectivity index (χ2v) is 5.75. The summed E-state index contributed by atoms with van der Waals surface area (Å²) in [6, 6.07) is -2.62. The number of alkyl halides is 3. The first kappa shape index (κ1) is 15.9. The van der Waals surface area contributed by atoms with Crippen LogP contribution in [0.3, 0.4) is 0 Å². The first-order valence-corrected chi connectivity index (χ1v) is 7.15. The third-order valence-electron chi connectivity index (χ3n) is 4.25. The van der Waals surface area contributed by atoms with Crippen molar-refractivity contribution in [2.45, 2.75) is 37.9 Å². The molecule has 0 spiro atoms. The van der Waals surface area contributed by atoms with E-state index in [2.05, 4.69) is 5.32 Å². The molecule has 0 unspecified atom stereocenters. The Hall–Kier alpha value is -1.47. The van der Waals surface area contributed by atoms with Crippen molar-refractivity contribution >= 4 is 11.9 Å². The zero-order valence-corrected chi connectivity index (χ0v) is 11.9. The molecule has 0 aromatic carbocycles. The van der Waals surface area contributed by atoms with Crippen LogP contribution in [0, 0.1) is 5.92 Å². The lowest BCUT2D eigenvalue weighted by Gasteiger charge is -2.34. The van der Waals surface area contributed by atoms with Crippen LogP contribution >= 0.6 is 0 Å². The van der Waals surface area contributed by atoms with Gasteiger partial charge in [0, 0.05) is 20.1 Å². The monoisotopic (exact) mass is 307 g/mol. The smallest absolute Gasteiger partial charge is 0.342 e. The third kappa shape index (κ3) is 3.79. The summed E-state index contributed by atoms with van der Waals surface area (Å²) in [4.78, 5) is 26.1. The van der Waals surface area contributed by atoms with E-state index in [0.717, 1.165) is 17.7 Å². The number of halogens is 3. The number of piperazine rings is 1. The summed E-state index contributed by atoms with van der Waals surface area (Å²) < 4.78 is 39.4.